The molecule has 0 unspecified atom stereocenters. The third kappa shape index (κ3) is 1.82. The van der Waals surface area contributed by atoms with Gasteiger partial charge in [0.1, 0.15) is 5.84 Å². The number of nitrogens with zero attached hydrogens (tertiary/aromatic N) is 1. The average molecular weight is 278 g/mol. The van der Waals surface area contributed by atoms with E-state index in [1.54, 1.807) is 12.1 Å². The molecule has 0 aliphatic carbocycles. The van der Waals surface area contributed by atoms with E-state index in [2.05, 4.69) is 10.3 Å². The van der Waals surface area contributed by atoms with E-state index in [-0.39, 0.29) is 0 Å². The van der Waals surface area contributed by atoms with Gasteiger partial charge >= 0.3 is 0 Å². The van der Waals surface area contributed by atoms with Crippen molar-refractivity contribution in [1.82, 2.24) is 0 Å². The van der Waals surface area contributed by atoms with Crippen molar-refractivity contribution >= 4 is 46.1 Å². The van der Waals surface area contributed by atoms with Crippen LogP contribution in [0.5, 0.6) is 0 Å². The lowest BCUT2D eigenvalue weighted by Crippen LogP contribution is -2.13. The summed E-state index contributed by atoms with van der Waals surface area (Å²) in [6.45, 7) is 0. The van der Waals surface area contributed by atoms with Gasteiger partial charge in [-0.2, -0.15) is 0 Å². The Bertz CT molecular complexity index is 665. The Balaban J connectivity index is 2.25. The van der Waals surface area contributed by atoms with Gasteiger partial charge in [-0.05, 0) is 24.3 Å². The summed E-state index contributed by atoms with van der Waals surface area (Å²) in [6.07, 6.45) is 0. The van der Waals surface area contributed by atoms with Gasteiger partial charge in [-0.3, -0.25) is 0 Å². The van der Waals surface area contributed by atoms with E-state index < -0.39 is 0 Å². The predicted octanol–water partition coefficient (Wildman–Crippen LogP) is 4.09. The molecule has 0 bridgehead atoms. The summed E-state index contributed by atoms with van der Waals surface area (Å²) in [6, 6.07) is 11.1. The number of nitrogens with one attached hydrogen (secondary N) is 1. The van der Waals surface area contributed by atoms with Crippen molar-refractivity contribution in [3.8, 4) is 0 Å². The van der Waals surface area contributed by atoms with E-state index in [0.29, 0.717) is 21.6 Å². The maximum Gasteiger partial charge on any atom is 0.133 e. The van der Waals surface area contributed by atoms with Crippen LogP contribution >= 0.6 is 23.2 Å². The fourth-order valence-electron chi connectivity index (χ4n) is 1.88. The van der Waals surface area contributed by atoms with Gasteiger partial charge < -0.3 is 11.1 Å². The molecule has 18 heavy (non-hydrogen) atoms. The first-order valence-corrected chi connectivity index (χ1v) is 6.10. The molecule has 0 saturated carbocycles. The van der Waals surface area contributed by atoms with Gasteiger partial charge in [-0.1, -0.05) is 35.3 Å². The number of halogens is 2. The SMILES string of the molecule is NC1=Nc2cc(Cl)c(Cl)cc2Nc2ccccc21. The molecule has 0 fully saturated rings. The maximum atomic E-state index is 6.01. The van der Waals surface area contributed by atoms with Crippen LogP contribution in [-0.2, 0) is 0 Å². The van der Waals surface area contributed by atoms with Crippen LogP contribution in [0.25, 0.3) is 0 Å². The molecule has 1 heterocycles. The van der Waals surface area contributed by atoms with E-state index in [1.165, 1.54) is 0 Å². The van der Waals surface area contributed by atoms with Crippen molar-refractivity contribution in [2.75, 3.05) is 5.32 Å². The second-order valence-corrected chi connectivity index (χ2v) is 4.77. The summed E-state index contributed by atoms with van der Waals surface area (Å²) in [5, 5.41) is 4.20. The molecule has 0 saturated heterocycles. The van der Waals surface area contributed by atoms with Crippen molar-refractivity contribution < 1.29 is 0 Å². The molecule has 1 aliphatic rings. The second-order valence-electron chi connectivity index (χ2n) is 3.95. The Kier molecular flexibility index (Phi) is 2.65. The van der Waals surface area contributed by atoms with Crippen molar-refractivity contribution in [2.45, 2.75) is 0 Å². The minimum atomic E-state index is 0.454. The smallest absolute Gasteiger partial charge is 0.133 e. The highest BCUT2D eigenvalue weighted by Crippen LogP contribution is 2.38. The van der Waals surface area contributed by atoms with Gasteiger partial charge in [-0.15, -0.1) is 0 Å². The van der Waals surface area contributed by atoms with Crippen molar-refractivity contribution in [3.05, 3.63) is 52.0 Å². The molecule has 3 nitrogen and oxygen atoms in total. The highest BCUT2D eigenvalue weighted by molar-refractivity contribution is 6.42. The summed E-state index contributed by atoms with van der Waals surface area (Å²) in [5.41, 5.74) is 9.21. The third-order valence-electron chi connectivity index (χ3n) is 2.75. The van der Waals surface area contributed by atoms with Crippen LogP contribution in [0.1, 0.15) is 5.56 Å². The van der Waals surface area contributed by atoms with E-state index in [1.807, 2.05) is 24.3 Å². The fourth-order valence-corrected chi connectivity index (χ4v) is 2.20. The number of hydrogen-bond acceptors (Lipinski definition) is 3. The summed E-state index contributed by atoms with van der Waals surface area (Å²) in [7, 11) is 0. The predicted molar refractivity (Wildman–Crippen MR) is 76.6 cm³/mol. The Morgan fingerprint density at radius 2 is 1.72 bits per heavy atom. The van der Waals surface area contributed by atoms with Crippen molar-refractivity contribution in [3.63, 3.8) is 0 Å². The van der Waals surface area contributed by atoms with Gasteiger partial charge in [0.2, 0.25) is 0 Å². The summed E-state index contributed by atoms with van der Waals surface area (Å²) in [4.78, 5) is 4.37. The molecule has 2 aromatic rings. The molecule has 3 rings (SSSR count). The molecule has 0 aromatic heterocycles. The second kappa shape index (κ2) is 4.19. The molecule has 0 amide bonds. The first-order chi connectivity index (χ1) is 8.65. The fraction of sp³-hybridized carbons (Fsp3) is 0. The monoisotopic (exact) mass is 277 g/mol. The van der Waals surface area contributed by atoms with Gasteiger partial charge in [0.05, 0.1) is 21.4 Å². The largest absolute Gasteiger partial charge is 0.383 e. The molecule has 0 radical (unpaired) electrons. The number of hydrogen-bond donors (Lipinski definition) is 2. The highest BCUT2D eigenvalue weighted by Gasteiger charge is 2.15. The van der Waals surface area contributed by atoms with Crippen LogP contribution in [-0.4, -0.2) is 5.84 Å². The van der Waals surface area contributed by atoms with Gasteiger partial charge in [0, 0.05) is 11.3 Å². The van der Waals surface area contributed by atoms with Crippen LogP contribution in [0.4, 0.5) is 17.1 Å². The number of benzene rings is 2. The van der Waals surface area contributed by atoms with Crippen LogP contribution in [0.15, 0.2) is 41.4 Å². The van der Waals surface area contributed by atoms with Crippen molar-refractivity contribution in [2.24, 2.45) is 10.7 Å². The number of fused-ring (bicyclic) bond motifs is 2. The Hall–Kier alpha value is -1.71. The molecule has 90 valence electrons. The van der Waals surface area contributed by atoms with Gasteiger partial charge in [-0.25, -0.2) is 4.99 Å². The lowest BCUT2D eigenvalue weighted by Gasteiger charge is -2.09. The van der Waals surface area contributed by atoms with E-state index in [0.717, 1.165) is 16.9 Å². The Morgan fingerprint density at radius 1 is 1.00 bits per heavy atom. The number of anilines is 2. The lowest BCUT2D eigenvalue weighted by atomic mass is 10.1. The topological polar surface area (TPSA) is 50.4 Å². The normalized spacial score (nSPS) is 12.9. The Morgan fingerprint density at radius 3 is 2.56 bits per heavy atom. The molecule has 0 spiro atoms. The number of para-hydroxylation sites is 1. The average Bonchev–Trinajstić information content (AvgIpc) is 2.48. The number of amidine groups is 1. The quantitative estimate of drug-likeness (QED) is 0.762. The maximum absolute atomic E-state index is 6.01. The first-order valence-electron chi connectivity index (χ1n) is 5.35. The van der Waals surface area contributed by atoms with Crippen molar-refractivity contribution in [1.29, 1.82) is 0 Å². The number of nitrogens with two attached hydrogens (primary N) is 1. The minimum absolute atomic E-state index is 0.454. The molecular formula is C13H9Cl2N3. The lowest BCUT2D eigenvalue weighted by molar-refractivity contribution is 1.48. The zero-order valence-corrected chi connectivity index (χ0v) is 10.8. The number of aliphatic imine (C=N–C) groups is 1. The van der Waals surface area contributed by atoms with Crippen LogP contribution in [0.3, 0.4) is 0 Å². The van der Waals surface area contributed by atoms with Crippen LogP contribution in [0.2, 0.25) is 10.0 Å². The molecule has 2 aromatic carbocycles. The standard InChI is InChI=1S/C13H9Cl2N3/c14-8-5-11-12(6-9(8)15)18-13(16)7-3-1-2-4-10(7)17-11/h1-6,17H,(H2,16,18). The number of rotatable bonds is 0. The van der Waals surface area contributed by atoms with Gasteiger partial charge in [0.15, 0.2) is 0 Å². The zero-order valence-electron chi connectivity index (χ0n) is 9.24. The zero-order chi connectivity index (χ0) is 12.7. The third-order valence-corrected chi connectivity index (χ3v) is 3.47. The van der Waals surface area contributed by atoms with Gasteiger partial charge in [0.25, 0.3) is 0 Å². The van der Waals surface area contributed by atoms with Crippen LogP contribution in [0, 0.1) is 0 Å². The minimum Gasteiger partial charge on any atom is -0.383 e. The Labute approximate surface area is 114 Å². The highest BCUT2D eigenvalue weighted by atomic mass is 35.5. The molecule has 5 heteroatoms. The molecule has 3 N–H and O–H groups in total. The summed E-state index contributed by atoms with van der Waals surface area (Å²) >= 11 is 12.0. The summed E-state index contributed by atoms with van der Waals surface area (Å²) < 4.78 is 0. The summed E-state index contributed by atoms with van der Waals surface area (Å²) in [5.74, 6) is 0.454. The van der Waals surface area contributed by atoms with E-state index in [9.17, 15) is 0 Å². The molecule has 0 atom stereocenters. The van der Waals surface area contributed by atoms with E-state index in [4.69, 9.17) is 28.9 Å². The van der Waals surface area contributed by atoms with Crippen LogP contribution < -0.4 is 11.1 Å². The molecule has 1 aliphatic heterocycles. The van der Waals surface area contributed by atoms with E-state index >= 15 is 0 Å². The first kappa shape index (κ1) is 11.4. The molecular weight excluding hydrogens is 269 g/mol.